The van der Waals surface area contributed by atoms with Crippen molar-refractivity contribution >= 4 is 5.78 Å². The second-order valence-corrected chi connectivity index (χ2v) is 4.82. The molecule has 1 aromatic heterocycles. The second-order valence-electron chi connectivity index (χ2n) is 4.82. The summed E-state index contributed by atoms with van der Waals surface area (Å²) in [6.07, 6.45) is 4.51. The first-order valence-electron chi connectivity index (χ1n) is 6.28. The third-order valence-electron chi connectivity index (χ3n) is 3.59. The van der Waals surface area contributed by atoms with E-state index in [0.717, 1.165) is 32.3 Å². The van der Waals surface area contributed by atoms with Gasteiger partial charge < -0.3 is 9.26 Å². The lowest BCUT2D eigenvalue weighted by atomic mass is 10.0. The Kier molecular flexibility index (Phi) is 2.93. The molecule has 5 nitrogen and oxygen atoms in total. The molecule has 17 heavy (non-hydrogen) atoms. The van der Waals surface area contributed by atoms with E-state index >= 15 is 0 Å². The van der Waals surface area contributed by atoms with Crippen LogP contribution in [0.15, 0.2) is 4.52 Å². The van der Waals surface area contributed by atoms with Crippen LogP contribution < -0.4 is 0 Å². The second kappa shape index (κ2) is 4.56. The van der Waals surface area contributed by atoms with Crippen LogP contribution in [0.1, 0.15) is 55.7 Å². The maximum atomic E-state index is 11.6. The van der Waals surface area contributed by atoms with Crippen LogP contribution in [0.5, 0.6) is 0 Å². The molecule has 1 saturated heterocycles. The number of aromatic nitrogens is 2. The standard InChI is InChI=1S/C12H16N2O3/c15-10-5-1-4-9(10)12-13-11(14-17-12)8-3-2-6-16-7-8/h8-9H,1-7H2. The van der Waals surface area contributed by atoms with Gasteiger partial charge in [0.05, 0.1) is 12.5 Å². The summed E-state index contributed by atoms with van der Waals surface area (Å²) in [6, 6.07) is 0. The Bertz CT molecular complexity index is 410. The molecule has 0 amide bonds. The van der Waals surface area contributed by atoms with Gasteiger partial charge in [-0.05, 0) is 25.7 Å². The smallest absolute Gasteiger partial charge is 0.237 e. The Hall–Kier alpha value is -1.23. The minimum Gasteiger partial charge on any atom is -0.381 e. The average Bonchev–Trinajstić information content (AvgIpc) is 2.98. The van der Waals surface area contributed by atoms with Crippen molar-refractivity contribution in [3.63, 3.8) is 0 Å². The molecule has 1 aromatic rings. The molecular weight excluding hydrogens is 220 g/mol. The largest absolute Gasteiger partial charge is 0.381 e. The normalized spacial score (nSPS) is 29.8. The number of nitrogens with zero attached hydrogens (tertiary/aromatic N) is 2. The summed E-state index contributed by atoms with van der Waals surface area (Å²) in [4.78, 5) is 16.0. The van der Waals surface area contributed by atoms with Gasteiger partial charge in [-0.3, -0.25) is 4.79 Å². The van der Waals surface area contributed by atoms with Crippen molar-refractivity contribution in [1.29, 1.82) is 0 Å². The zero-order valence-electron chi connectivity index (χ0n) is 9.72. The van der Waals surface area contributed by atoms with Crippen molar-refractivity contribution in [1.82, 2.24) is 10.1 Å². The lowest BCUT2D eigenvalue weighted by Crippen LogP contribution is -2.16. The van der Waals surface area contributed by atoms with Crippen molar-refractivity contribution in [3.8, 4) is 0 Å². The van der Waals surface area contributed by atoms with Gasteiger partial charge in [-0.1, -0.05) is 5.16 Å². The summed E-state index contributed by atoms with van der Waals surface area (Å²) in [5, 5.41) is 4.00. The van der Waals surface area contributed by atoms with Gasteiger partial charge in [-0.15, -0.1) is 0 Å². The SMILES string of the molecule is O=C1CCCC1c1nc(C2CCCOC2)no1. The van der Waals surface area contributed by atoms with Crippen LogP contribution in [-0.4, -0.2) is 29.1 Å². The van der Waals surface area contributed by atoms with E-state index < -0.39 is 0 Å². The number of hydrogen-bond donors (Lipinski definition) is 0. The third-order valence-corrected chi connectivity index (χ3v) is 3.59. The minimum absolute atomic E-state index is 0.152. The molecule has 5 heteroatoms. The van der Waals surface area contributed by atoms with Gasteiger partial charge in [0.25, 0.3) is 0 Å². The number of carbonyl (C=O) groups excluding carboxylic acids is 1. The van der Waals surface area contributed by atoms with Gasteiger partial charge in [-0.25, -0.2) is 0 Å². The van der Waals surface area contributed by atoms with Crippen molar-refractivity contribution in [2.45, 2.75) is 43.9 Å². The van der Waals surface area contributed by atoms with Gasteiger partial charge in [-0.2, -0.15) is 4.98 Å². The van der Waals surface area contributed by atoms with Gasteiger partial charge in [0.2, 0.25) is 5.89 Å². The summed E-state index contributed by atoms with van der Waals surface area (Å²) in [7, 11) is 0. The van der Waals surface area contributed by atoms with Crippen molar-refractivity contribution in [2.75, 3.05) is 13.2 Å². The number of carbonyl (C=O) groups is 1. The predicted molar refractivity (Wildman–Crippen MR) is 58.7 cm³/mol. The summed E-state index contributed by atoms with van der Waals surface area (Å²) >= 11 is 0. The van der Waals surface area contributed by atoms with E-state index in [1.54, 1.807) is 0 Å². The number of ketones is 1. The van der Waals surface area contributed by atoms with Crippen LogP contribution in [0, 0.1) is 0 Å². The van der Waals surface area contributed by atoms with E-state index in [-0.39, 0.29) is 17.6 Å². The zero-order valence-corrected chi connectivity index (χ0v) is 9.72. The molecule has 1 saturated carbocycles. The molecular formula is C12H16N2O3. The van der Waals surface area contributed by atoms with Crippen LogP contribution in [0.2, 0.25) is 0 Å². The summed E-state index contributed by atoms with van der Waals surface area (Å²) < 4.78 is 10.6. The lowest BCUT2D eigenvalue weighted by Gasteiger charge is -2.18. The van der Waals surface area contributed by atoms with E-state index in [1.807, 2.05) is 0 Å². The van der Waals surface area contributed by atoms with Gasteiger partial charge in [0, 0.05) is 18.9 Å². The van der Waals surface area contributed by atoms with Crippen LogP contribution >= 0.6 is 0 Å². The Labute approximate surface area is 99.5 Å². The first-order chi connectivity index (χ1) is 8.34. The van der Waals surface area contributed by atoms with Crippen molar-refractivity contribution in [3.05, 3.63) is 11.7 Å². The Morgan fingerprint density at radius 1 is 1.24 bits per heavy atom. The van der Waals surface area contributed by atoms with Crippen LogP contribution in [0.3, 0.4) is 0 Å². The molecule has 1 aliphatic carbocycles. The average molecular weight is 236 g/mol. The van der Waals surface area contributed by atoms with E-state index in [0.29, 0.717) is 24.7 Å². The molecule has 0 radical (unpaired) electrons. The van der Waals surface area contributed by atoms with Crippen molar-refractivity contribution < 1.29 is 14.1 Å². The van der Waals surface area contributed by atoms with E-state index in [9.17, 15) is 4.79 Å². The molecule has 0 bridgehead atoms. The fourth-order valence-corrected chi connectivity index (χ4v) is 2.58. The highest BCUT2D eigenvalue weighted by Crippen LogP contribution is 2.31. The Morgan fingerprint density at radius 2 is 2.18 bits per heavy atom. The van der Waals surface area contributed by atoms with E-state index in [2.05, 4.69) is 10.1 Å². The molecule has 2 fully saturated rings. The third kappa shape index (κ3) is 2.11. The molecule has 2 aliphatic rings. The number of ether oxygens (including phenoxy) is 1. The molecule has 2 unspecified atom stereocenters. The summed E-state index contributed by atoms with van der Waals surface area (Å²) in [5.41, 5.74) is 0. The number of rotatable bonds is 2. The quantitative estimate of drug-likeness (QED) is 0.783. The molecule has 0 aromatic carbocycles. The minimum atomic E-state index is -0.152. The lowest BCUT2D eigenvalue weighted by molar-refractivity contribution is -0.119. The molecule has 3 rings (SSSR count). The molecule has 1 aliphatic heterocycles. The highest BCUT2D eigenvalue weighted by molar-refractivity contribution is 5.86. The van der Waals surface area contributed by atoms with Gasteiger partial charge in [0.15, 0.2) is 5.82 Å². The van der Waals surface area contributed by atoms with E-state index in [4.69, 9.17) is 9.26 Å². The first kappa shape index (κ1) is 10.9. The molecule has 2 atom stereocenters. The van der Waals surface area contributed by atoms with Gasteiger partial charge >= 0.3 is 0 Å². The monoisotopic (exact) mass is 236 g/mol. The first-order valence-corrected chi connectivity index (χ1v) is 6.28. The highest BCUT2D eigenvalue weighted by atomic mass is 16.5. The maximum absolute atomic E-state index is 11.6. The Balaban J connectivity index is 1.75. The number of Topliss-reactive ketones (excluding diaryl/α,β-unsaturated/α-hetero) is 1. The van der Waals surface area contributed by atoms with Gasteiger partial charge in [0.1, 0.15) is 5.78 Å². The maximum Gasteiger partial charge on any atom is 0.237 e. The highest BCUT2D eigenvalue weighted by Gasteiger charge is 2.32. The fourth-order valence-electron chi connectivity index (χ4n) is 2.58. The molecule has 0 N–H and O–H groups in total. The Morgan fingerprint density at radius 3 is 2.88 bits per heavy atom. The molecule has 0 spiro atoms. The topological polar surface area (TPSA) is 65.2 Å². The number of hydrogen-bond acceptors (Lipinski definition) is 5. The molecule has 2 heterocycles. The van der Waals surface area contributed by atoms with Crippen LogP contribution in [0.4, 0.5) is 0 Å². The van der Waals surface area contributed by atoms with E-state index in [1.165, 1.54) is 0 Å². The van der Waals surface area contributed by atoms with Crippen LogP contribution in [0.25, 0.3) is 0 Å². The fraction of sp³-hybridized carbons (Fsp3) is 0.750. The predicted octanol–water partition coefficient (Wildman–Crippen LogP) is 1.80. The molecule has 92 valence electrons. The summed E-state index contributed by atoms with van der Waals surface area (Å²) in [5.74, 6) is 1.53. The van der Waals surface area contributed by atoms with Crippen LogP contribution in [-0.2, 0) is 9.53 Å². The summed E-state index contributed by atoms with van der Waals surface area (Å²) in [6.45, 7) is 1.49. The zero-order chi connectivity index (χ0) is 11.7. The van der Waals surface area contributed by atoms with Crippen molar-refractivity contribution in [2.24, 2.45) is 0 Å².